The van der Waals surface area contributed by atoms with E-state index in [0.717, 1.165) is 24.3 Å². The van der Waals surface area contributed by atoms with E-state index in [1.54, 1.807) is 0 Å². The molecule has 2 aromatic carbocycles. The number of hydrogen-bond donors (Lipinski definition) is 1. The Kier molecular flexibility index (Phi) is 4.32. The first kappa shape index (κ1) is 16.8. The second-order valence-electron chi connectivity index (χ2n) is 5.01. The zero-order valence-electron chi connectivity index (χ0n) is 12.6. The van der Waals surface area contributed by atoms with Crippen LogP contribution in [0.4, 0.5) is 8.78 Å². The molecular formula is C16H11F2N3O3S. The smallest absolute Gasteiger partial charge is 0.266 e. The summed E-state index contributed by atoms with van der Waals surface area (Å²) in [7, 11) is -4.15. The molecule has 25 heavy (non-hydrogen) atoms. The number of carbonyl (C=O) groups excluding carboxylic acids is 1. The fourth-order valence-electron chi connectivity index (χ4n) is 2.03. The molecule has 0 aliphatic heterocycles. The van der Waals surface area contributed by atoms with Crippen LogP contribution in [0.25, 0.3) is 5.69 Å². The van der Waals surface area contributed by atoms with Crippen LogP contribution in [0.15, 0.2) is 65.7 Å². The van der Waals surface area contributed by atoms with Gasteiger partial charge in [0.1, 0.15) is 11.6 Å². The topological polar surface area (TPSA) is 81.1 Å². The predicted octanol–water partition coefficient (Wildman–Crippen LogP) is 2.27. The largest absolute Gasteiger partial charge is 0.285 e. The van der Waals surface area contributed by atoms with Crippen molar-refractivity contribution in [2.45, 2.75) is 4.90 Å². The fourth-order valence-corrected chi connectivity index (χ4v) is 2.99. The summed E-state index contributed by atoms with van der Waals surface area (Å²) in [4.78, 5) is 11.8. The summed E-state index contributed by atoms with van der Waals surface area (Å²) in [5, 5.41) is 3.96. The summed E-state index contributed by atoms with van der Waals surface area (Å²) in [5.41, 5.74) is 0.358. The summed E-state index contributed by atoms with van der Waals surface area (Å²) in [6, 6.07) is 10.7. The van der Waals surface area contributed by atoms with Crippen molar-refractivity contribution in [3.63, 3.8) is 0 Å². The minimum atomic E-state index is -4.15. The molecule has 6 nitrogen and oxygen atoms in total. The van der Waals surface area contributed by atoms with Crippen LogP contribution in [0, 0.1) is 11.6 Å². The molecule has 0 atom stereocenters. The number of benzene rings is 2. The average molecular weight is 363 g/mol. The number of carbonyl (C=O) groups is 1. The standard InChI is InChI=1S/C16H11F2N3O3S/c17-11-1-5-13(6-2-11)21-10-9-15(19-21)16(22)20-25(23,24)14-7-3-12(18)4-8-14/h1-10H,(H,20,22). The van der Waals surface area contributed by atoms with E-state index in [-0.39, 0.29) is 10.6 Å². The molecule has 1 heterocycles. The van der Waals surface area contributed by atoms with Crippen molar-refractivity contribution in [2.24, 2.45) is 0 Å². The normalized spacial score (nSPS) is 11.3. The monoisotopic (exact) mass is 363 g/mol. The second-order valence-corrected chi connectivity index (χ2v) is 6.69. The molecule has 1 amide bonds. The molecule has 9 heteroatoms. The zero-order valence-corrected chi connectivity index (χ0v) is 13.4. The lowest BCUT2D eigenvalue weighted by atomic mass is 10.3. The number of nitrogens with zero attached hydrogens (tertiary/aromatic N) is 2. The fraction of sp³-hybridized carbons (Fsp3) is 0. The van der Waals surface area contributed by atoms with Crippen molar-refractivity contribution in [2.75, 3.05) is 0 Å². The SMILES string of the molecule is O=C(NS(=O)(=O)c1ccc(F)cc1)c1ccn(-c2ccc(F)cc2)n1. The van der Waals surface area contributed by atoms with Gasteiger partial charge in [0.05, 0.1) is 10.6 Å². The van der Waals surface area contributed by atoms with Gasteiger partial charge in [-0.1, -0.05) is 0 Å². The molecule has 3 aromatic rings. The van der Waals surface area contributed by atoms with E-state index < -0.39 is 27.6 Å². The highest BCUT2D eigenvalue weighted by molar-refractivity contribution is 7.90. The molecule has 3 rings (SSSR count). The van der Waals surface area contributed by atoms with Crippen LogP contribution in [-0.2, 0) is 10.0 Å². The van der Waals surface area contributed by atoms with Crippen LogP contribution < -0.4 is 4.72 Å². The molecule has 0 fully saturated rings. The van der Waals surface area contributed by atoms with Gasteiger partial charge >= 0.3 is 0 Å². The van der Waals surface area contributed by atoms with Crippen LogP contribution >= 0.6 is 0 Å². The Morgan fingerprint density at radius 3 is 2.08 bits per heavy atom. The van der Waals surface area contributed by atoms with Crippen molar-refractivity contribution in [1.29, 1.82) is 0 Å². The van der Waals surface area contributed by atoms with Gasteiger partial charge < -0.3 is 0 Å². The van der Waals surface area contributed by atoms with Gasteiger partial charge in [-0.25, -0.2) is 26.6 Å². The predicted molar refractivity (Wildman–Crippen MR) is 84.6 cm³/mol. The Labute approximate surface area is 141 Å². The Balaban J connectivity index is 1.80. The van der Waals surface area contributed by atoms with Gasteiger partial charge in [-0.15, -0.1) is 0 Å². The van der Waals surface area contributed by atoms with Crippen LogP contribution in [0.3, 0.4) is 0 Å². The third kappa shape index (κ3) is 3.72. The molecule has 0 saturated carbocycles. The maximum absolute atomic E-state index is 12.9. The van der Waals surface area contributed by atoms with Gasteiger partial charge in [0, 0.05) is 6.20 Å². The molecule has 0 unspecified atom stereocenters. The van der Waals surface area contributed by atoms with Crippen molar-refractivity contribution in [3.05, 3.63) is 78.1 Å². The lowest BCUT2D eigenvalue weighted by molar-refractivity contribution is 0.0976. The van der Waals surface area contributed by atoms with Gasteiger partial charge in [0.2, 0.25) is 0 Å². The number of hydrogen-bond acceptors (Lipinski definition) is 4. The Morgan fingerprint density at radius 2 is 1.48 bits per heavy atom. The van der Waals surface area contributed by atoms with Crippen LogP contribution in [0.2, 0.25) is 0 Å². The number of rotatable bonds is 4. The van der Waals surface area contributed by atoms with E-state index in [1.165, 1.54) is 41.2 Å². The van der Waals surface area contributed by atoms with E-state index >= 15 is 0 Å². The van der Waals surface area contributed by atoms with Gasteiger partial charge in [0.15, 0.2) is 5.69 Å². The minimum absolute atomic E-state index is 0.144. The Bertz CT molecular complexity index is 1010. The zero-order chi connectivity index (χ0) is 18.0. The summed E-state index contributed by atoms with van der Waals surface area (Å²) >= 11 is 0. The summed E-state index contributed by atoms with van der Waals surface area (Å²) in [6.07, 6.45) is 1.44. The molecule has 0 aliphatic carbocycles. The molecule has 0 aliphatic rings. The maximum atomic E-state index is 12.9. The van der Waals surface area contributed by atoms with E-state index in [1.807, 2.05) is 4.72 Å². The first-order valence-corrected chi connectivity index (χ1v) is 8.48. The third-order valence-electron chi connectivity index (χ3n) is 3.26. The van der Waals surface area contributed by atoms with Crippen molar-refractivity contribution < 1.29 is 22.0 Å². The molecule has 1 aromatic heterocycles. The number of amides is 1. The second kappa shape index (κ2) is 6.44. The highest BCUT2D eigenvalue weighted by Crippen LogP contribution is 2.12. The van der Waals surface area contributed by atoms with E-state index in [9.17, 15) is 22.0 Å². The van der Waals surface area contributed by atoms with E-state index in [0.29, 0.717) is 5.69 Å². The Hall–Kier alpha value is -3.07. The summed E-state index contributed by atoms with van der Waals surface area (Å²) < 4.78 is 53.2. The molecule has 0 saturated heterocycles. The highest BCUT2D eigenvalue weighted by atomic mass is 32.2. The van der Waals surface area contributed by atoms with Gasteiger partial charge in [-0.05, 0) is 54.6 Å². The summed E-state index contributed by atoms with van der Waals surface area (Å²) in [6.45, 7) is 0. The molecule has 1 N–H and O–H groups in total. The number of halogens is 2. The summed E-state index contributed by atoms with van der Waals surface area (Å²) in [5.74, 6) is -1.95. The first-order valence-electron chi connectivity index (χ1n) is 6.99. The van der Waals surface area contributed by atoms with E-state index in [2.05, 4.69) is 5.10 Å². The molecule has 128 valence electrons. The Morgan fingerprint density at radius 1 is 0.920 bits per heavy atom. The first-order chi connectivity index (χ1) is 11.8. The van der Waals surface area contributed by atoms with Crippen LogP contribution in [-0.4, -0.2) is 24.1 Å². The van der Waals surface area contributed by atoms with Crippen molar-refractivity contribution in [1.82, 2.24) is 14.5 Å². The van der Waals surface area contributed by atoms with Gasteiger partial charge in [0.25, 0.3) is 15.9 Å². The maximum Gasteiger partial charge on any atom is 0.285 e. The van der Waals surface area contributed by atoms with E-state index in [4.69, 9.17) is 0 Å². The van der Waals surface area contributed by atoms with Gasteiger partial charge in [-0.2, -0.15) is 5.10 Å². The minimum Gasteiger partial charge on any atom is -0.266 e. The molecular weight excluding hydrogens is 352 g/mol. The molecule has 0 bridgehead atoms. The highest BCUT2D eigenvalue weighted by Gasteiger charge is 2.20. The van der Waals surface area contributed by atoms with Crippen LogP contribution in [0.5, 0.6) is 0 Å². The van der Waals surface area contributed by atoms with Gasteiger partial charge in [-0.3, -0.25) is 4.79 Å². The molecule has 0 spiro atoms. The lowest BCUT2D eigenvalue weighted by Crippen LogP contribution is -2.31. The number of nitrogens with one attached hydrogen (secondary N) is 1. The van der Waals surface area contributed by atoms with Crippen LogP contribution in [0.1, 0.15) is 10.5 Å². The van der Waals surface area contributed by atoms with Crippen molar-refractivity contribution in [3.8, 4) is 5.69 Å². The van der Waals surface area contributed by atoms with Crippen molar-refractivity contribution >= 4 is 15.9 Å². The third-order valence-corrected chi connectivity index (χ3v) is 4.61. The lowest BCUT2D eigenvalue weighted by Gasteiger charge is -2.05. The average Bonchev–Trinajstić information content (AvgIpc) is 3.06. The quantitative estimate of drug-likeness (QED) is 0.771. The number of sulfonamides is 1. The number of aromatic nitrogens is 2. The molecule has 0 radical (unpaired) electrons.